The van der Waals surface area contributed by atoms with Gasteiger partial charge in [0.2, 0.25) is 0 Å². The molecule has 0 saturated heterocycles. The number of amides is 1. The van der Waals surface area contributed by atoms with Gasteiger partial charge in [-0.25, -0.2) is 8.42 Å². The highest BCUT2D eigenvalue weighted by Crippen LogP contribution is 2.32. The molecule has 1 unspecified atom stereocenters. The Labute approximate surface area is 203 Å². The maximum atomic E-state index is 12.8. The highest BCUT2D eigenvalue weighted by Gasteiger charge is 2.21. The summed E-state index contributed by atoms with van der Waals surface area (Å²) in [5.41, 5.74) is 1.35. The van der Waals surface area contributed by atoms with Gasteiger partial charge in [0.25, 0.3) is 15.9 Å². The number of benzene rings is 3. The zero-order valence-corrected chi connectivity index (χ0v) is 19.7. The molecule has 0 aliphatic carbocycles. The van der Waals surface area contributed by atoms with Crippen molar-refractivity contribution in [2.75, 3.05) is 25.0 Å². The molecule has 3 aromatic rings. The third-order valence-electron chi connectivity index (χ3n) is 5.33. The summed E-state index contributed by atoms with van der Waals surface area (Å²) in [6.07, 6.45) is -0.0281. The molecule has 2 N–H and O–H groups in total. The Bertz CT molecular complexity index is 1310. The van der Waals surface area contributed by atoms with Crippen LogP contribution in [0, 0.1) is 0 Å². The Hall–Kier alpha value is -4.05. The third kappa shape index (κ3) is 5.90. The number of carbonyl (C=O) groups excluding carboxylic acids is 2. The standard InChI is InChI=1S/C25H24N2O7S/c1-32-24(28)16-21(17-5-3-2-4-6-17)26-25(29)18-7-9-19(10-8-18)27-35(30,31)20-11-12-22-23(15-20)34-14-13-33-22/h2-12,15,21,27H,13-14,16H2,1H3,(H,26,29). The predicted molar refractivity (Wildman–Crippen MR) is 128 cm³/mol. The summed E-state index contributed by atoms with van der Waals surface area (Å²) in [5, 5.41) is 2.83. The van der Waals surface area contributed by atoms with E-state index in [1.54, 1.807) is 6.07 Å². The van der Waals surface area contributed by atoms with E-state index in [1.807, 2.05) is 30.3 Å². The van der Waals surface area contributed by atoms with Gasteiger partial charge in [0.1, 0.15) is 13.2 Å². The van der Waals surface area contributed by atoms with Gasteiger partial charge in [0.05, 0.1) is 24.5 Å². The van der Waals surface area contributed by atoms with Gasteiger partial charge in [0, 0.05) is 17.3 Å². The number of hydrogen-bond donors (Lipinski definition) is 2. The van der Waals surface area contributed by atoms with Crippen molar-refractivity contribution in [3.05, 3.63) is 83.9 Å². The van der Waals surface area contributed by atoms with Crippen molar-refractivity contribution in [1.82, 2.24) is 5.32 Å². The van der Waals surface area contributed by atoms with Crippen LogP contribution in [0.5, 0.6) is 11.5 Å². The summed E-state index contributed by atoms with van der Waals surface area (Å²) in [4.78, 5) is 24.7. The lowest BCUT2D eigenvalue weighted by Gasteiger charge is -2.19. The van der Waals surface area contributed by atoms with E-state index in [0.29, 0.717) is 30.3 Å². The minimum atomic E-state index is -3.89. The molecule has 4 rings (SSSR count). The smallest absolute Gasteiger partial charge is 0.307 e. The van der Waals surface area contributed by atoms with Crippen LogP contribution >= 0.6 is 0 Å². The Morgan fingerprint density at radius 1 is 0.943 bits per heavy atom. The molecule has 1 amide bonds. The minimum Gasteiger partial charge on any atom is -0.486 e. The second kappa shape index (κ2) is 10.5. The van der Waals surface area contributed by atoms with Gasteiger partial charge >= 0.3 is 5.97 Å². The first-order valence-electron chi connectivity index (χ1n) is 10.8. The Kier molecular flexibility index (Phi) is 7.21. The number of carbonyl (C=O) groups is 2. The first-order chi connectivity index (χ1) is 16.9. The molecule has 0 aromatic heterocycles. The fourth-order valence-electron chi connectivity index (χ4n) is 3.52. The van der Waals surface area contributed by atoms with Gasteiger partial charge in [-0.2, -0.15) is 0 Å². The first kappa shape index (κ1) is 24.1. The number of anilines is 1. The van der Waals surface area contributed by atoms with Crippen molar-refractivity contribution in [2.45, 2.75) is 17.4 Å². The molecular formula is C25H24N2O7S. The summed E-state index contributed by atoms with van der Waals surface area (Å²) >= 11 is 0. The van der Waals surface area contributed by atoms with Crippen LogP contribution in [0.1, 0.15) is 28.4 Å². The Balaban J connectivity index is 1.46. The number of esters is 1. The molecule has 3 aromatic carbocycles. The lowest BCUT2D eigenvalue weighted by Crippen LogP contribution is -2.30. The number of nitrogens with one attached hydrogen (secondary N) is 2. The zero-order valence-electron chi connectivity index (χ0n) is 18.9. The van der Waals surface area contributed by atoms with Crippen molar-refractivity contribution in [1.29, 1.82) is 0 Å². The maximum Gasteiger partial charge on any atom is 0.307 e. The molecule has 0 fully saturated rings. The van der Waals surface area contributed by atoms with Crippen LogP contribution in [0.4, 0.5) is 5.69 Å². The lowest BCUT2D eigenvalue weighted by atomic mass is 10.0. The molecule has 10 heteroatoms. The quantitative estimate of drug-likeness (QED) is 0.459. The molecule has 9 nitrogen and oxygen atoms in total. The number of ether oxygens (including phenoxy) is 3. The van der Waals surface area contributed by atoms with Crippen LogP contribution in [0.3, 0.4) is 0 Å². The average molecular weight is 497 g/mol. The van der Waals surface area contributed by atoms with Crippen LogP contribution in [0.2, 0.25) is 0 Å². The van der Waals surface area contributed by atoms with E-state index >= 15 is 0 Å². The normalized spacial score (nSPS) is 13.4. The SMILES string of the molecule is COC(=O)CC(NC(=O)c1ccc(NS(=O)(=O)c2ccc3c(c2)OCCO3)cc1)c1ccccc1. The summed E-state index contributed by atoms with van der Waals surface area (Å²) in [6, 6.07) is 18.9. The molecule has 1 aliphatic heterocycles. The molecule has 0 bridgehead atoms. The van der Waals surface area contributed by atoms with Gasteiger partial charge in [0.15, 0.2) is 11.5 Å². The molecule has 0 saturated carbocycles. The summed E-state index contributed by atoms with van der Waals surface area (Å²) in [6.45, 7) is 0.754. The van der Waals surface area contributed by atoms with E-state index in [4.69, 9.17) is 14.2 Å². The van der Waals surface area contributed by atoms with Gasteiger partial charge in [-0.3, -0.25) is 14.3 Å². The third-order valence-corrected chi connectivity index (χ3v) is 6.71. The fraction of sp³-hybridized carbons (Fsp3) is 0.200. The molecule has 0 spiro atoms. The second-order valence-electron chi connectivity index (χ2n) is 7.71. The van der Waals surface area contributed by atoms with Crippen LogP contribution < -0.4 is 19.5 Å². The minimum absolute atomic E-state index is 0.0251. The molecular weight excluding hydrogens is 472 g/mol. The summed E-state index contributed by atoms with van der Waals surface area (Å²) in [5.74, 6) is -0.00955. The van der Waals surface area contributed by atoms with E-state index in [2.05, 4.69) is 10.0 Å². The summed E-state index contributed by atoms with van der Waals surface area (Å²) in [7, 11) is -2.60. The van der Waals surface area contributed by atoms with Gasteiger partial charge in [-0.05, 0) is 42.0 Å². The fourth-order valence-corrected chi connectivity index (χ4v) is 4.60. The van der Waals surface area contributed by atoms with Gasteiger partial charge in [-0.15, -0.1) is 0 Å². The van der Waals surface area contributed by atoms with E-state index in [0.717, 1.165) is 5.56 Å². The van der Waals surface area contributed by atoms with E-state index in [1.165, 1.54) is 43.5 Å². The topological polar surface area (TPSA) is 120 Å². The van der Waals surface area contributed by atoms with E-state index in [-0.39, 0.29) is 17.0 Å². The van der Waals surface area contributed by atoms with Crippen molar-refractivity contribution >= 4 is 27.6 Å². The second-order valence-corrected chi connectivity index (χ2v) is 9.39. The highest BCUT2D eigenvalue weighted by molar-refractivity contribution is 7.92. The van der Waals surface area contributed by atoms with Crippen LogP contribution in [-0.2, 0) is 19.6 Å². The monoisotopic (exact) mass is 496 g/mol. The Morgan fingerprint density at radius 2 is 1.63 bits per heavy atom. The number of sulfonamides is 1. The average Bonchev–Trinajstić information content (AvgIpc) is 2.88. The number of hydrogen-bond acceptors (Lipinski definition) is 7. The highest BCUT2D eigenvalue weighted by atomic mass is 32.2. The zero-order chi connectivity index (χ0) is 24.8. The van der Waals surface area contributed by atoms with Crippen molar-refractivity contribution < 1.29 is 32.2 Å². The first-order valence-corrected chi connectivity index (χ1v) is 12.3. The maximum absolute atomic E-state index is 12.8. The predicted octanol–water partition coefficient (Wildman–Crippen LogP) is 3.29. The van der Waals surface area contributed by atoms with Crippen LogP contribution in [-0.4, -0.2) is 40.6 Å². The molecule has 35 heavy (non-hydrogen) atoms. The molecule has 0 radical (unpaired) electrons. The van der Waals surface area contributed by atoms with Crippen molar-refractivity contribution in [2.24, 2.45) is 0 Å². The molecule has 1 aliphatic rings. The van der Waals surface area contributed by atoms with Crippen LogP contribution in [0.25, 0.3) is 0 Å². The van der Waals surface area contributed by atoms with E-state index < -0.39 is 27.9 Å². The number of methoxy groups -OCH3 is 1. The van der Waals surface area contributed by atoms with Crippen molar-refractivity contribution in [3.63, 3.8) is 0 Å². The molecule has 1 heterocycles. The van der Waals surface area contributed by atoms with Crippen LogP contribution in [0.15, 0.2) is 77.7 Å². The lowest BCUT2D eigenvalue weighted by molar-refractivity contribution is -0.141. The molecule has 182 valence electrons. The molecule has 1 atom stereocenters. The van der Waals surface area contributed by atoms with Gasteiger partial charge in [-0.1, -0.05) is 30.3 Å². The van der Waals surface area contributed by atoms with E-state index in [9.17, 15) is 18.0 Å². The number of rotatable bonds is 8. The van der Waals surface area contributed by atoms with Gasteiger partial charge < -0.3 is 19.5 Å². The van der Waals surface area contributed by atoms with Crippen molar-refractivity contribution in [3.8, 4) is 11.5 Å². The largest absolute Gasteiger partial charge is 0.486 e. The number of fused-ring (bicyclic) bond motifs is 1. The Morgan fingerprint density at radius 3 is 2.31 bits per heavy atom. The summed E-state index contributed by atoms with van der Waals surface area (Å²) < 4.78 is 43.7.